The van der Waals surface area contributed by atoms with Gasteiger partial charge in [0.05, 0.1) is 0 Å². The Labute approximate surface area is 128 Å². The van der Waals surface area contributed by atoms with Gasteiger partial charge in [-0.2, -0.15) is 0 Å². The number of rotatable bonds is 0. The molecule has 0 radical (unpaired) electrons. The number of hydrogen-bond acceptors (Lipinski definition) is 4. The second-order valence-corrected chi connectivity index (χ2v) is 5.33. The third-order valence-electron chi connectivity index (χ3n) is 3.76. The van der Waals surface area contributed by atoms with Gasteiger partial charge in [0.15, 0.2) is 11.5 Å². The number of hydrogen-bond donors (Lipinski definition) is 3. The van der Waals surface area contributed by atoms with E-state index in [2.05, 4.69) is 0 Å². The molecule has 4 nitrogen and oxygen atoms in total. The van der Waals surface area contributed by atoms with Crippen LogP contribution in [0.4, 0.5) is 0 Å². The molecule has 0 spiro atoms. The summed E-state index contributed by atoms with van der Waals surface area (Å²) in [5, 5.41) is 31.9. The molecule has 0 unspecified atom stereocenters. The topological polar surface area (TPSA) is 69.9 Å². The summed E-state index contributed by atoms with van der Waals surface area (Å²) in [4.78, 5) is 0. The first-order valence-corrected chi connectivity index (χ1v) is 7.31. The van der Waals surface area contributed by atoms with E-state index < -0.39 is 5.75 Å². The van der Waals surface area contributed by atoms with Crippen molar-refractivity contribution in [3.8, 4) is 17.2 Å². The first kappa shape index (κ1) is 14.5. The number of ether oxygens (including phenoxy) is 1. The molecule has 3 aromatic carbocycles. The predicted octanol–water partition coefficient (Wildman–Crippen LogP) is 3.91. The molecule has 1 aliphatic heterocycles. The summed E-state index contributed by atoms with van der Waals surface area (Å²) >= 11 is 0. The smallest absolute Gasteiger partial charge is 0.200 e. The summed E-state index contributed by atoms with van der Waals surface area (Å²) in [5.74, 6) is -1.08. The van der Waals surface area contributed by atoms with Gasteiger partial charge >= 0.3 is 0 Å². The molecule has 0 aromatic heterocycles. The lowest BCUT2D eigenvalue weighted by atomic mass is 10.0. The number of fused-ring (bicyclic) bond motifs is 2. The largest absolute Gasteiger partial charge is 0.504 e. The minimum absolute atomic E-state index is 0.286. The number of benzene rings is 3. The molecule has 3 aromatic rings. The van der Waals surface area contributed by atoms with Crippen molar-refractivity contribution in [3.05, 3.63) is 42.5 Å². The predicted molar refractivity (Wildman–Crippen MR) is 86.5 cm³/mol. The van der Waals surface area contributed by atoms with Crippen molar-refractivity contribution in [2.75, 3.05) is 13.2 Å². The van der Waals surface area contributed by atoms with Crippen LogP contribution >= 0.6 is 0 Å². The molecule has 0 saturated carbocycles. The fourth-order valence-electron chi connectivity index (χ4n) is 2.56. The fraction of sp³-hybridized carbons (Fsp3) is 0.222. The van der Waals surface area contributed by atoms with Crippen LogP contribution in [0.5, 0.6) is 17.2 Å². The van der Waals surface area contributed by atoms with Gasteiger partial charge in [-0.05, 0) is 47.2 Å². The Morgan fingerprint density at radius 1 is 0.727 bits per heavy atom. The molecule has 0 amide bonds. The van der Waals surface area contributed by atoms with E-state index >= 15 is 0 Å². The molecule has 1 fully saturated rings. The van der Waals surface area contributed by atoms with E-state index in [1.54, 1.807) is 6.07 Å². The summed E-state index contributed by atoms with van der Waals surface area (Å²) in [5.41, 5.74) is 0. The van der Waals surface area contributed by atoms with Gasteiger partial charge in [-0.1, -0.05) is 24.3 Å². The fourth-order valence-corrected chi connectivity index (χ4v) is 2.56. The van der Waals surface area contributed by atoms with Crippen molar-refractivity contribution in [3.63, 3.8) is 0 Å². The molecule has 0 bridgehead atoms. The van der Waals surface area contributed by atoms with Crippen molar-refractivity contribution in [2.24, 2.45) is 0 Å². The van der Waals surface area contributed by atoms with Crippen molar-refractivity contribution < 1.29 is 20.1 Å². The Morgan fingerprint density at radius 3 is 1.95 bits per heavy atom. The van der Waals surface area contributed by atoms with E-state index in [0.717, 1.165) is 24.0 Å². The maximum Gasteiger partial charge on any atom is 0.200 e. The Hall–Kier alpha value is -2.46. The molecule has 4 heteroatoms. The van der Waals surface area contributed by atoms with Crippen LogP contribution in [-0.2, 0) is 4.74 Å². The summed E-state index contributed by atoms with van der Waals surface area (Å²) < 4.78 is 4.94. The van der Waals surface area contributed by atoms with Crippen LogP contribution in [0.2, 0.25) is 0 Å². The molecule has 114 valence electrons. The zero-order valence-corrected chi connectivity index (χ0v) is 12.1. The first-order chi connectivity index (χ1) is 10.7. The standard InChI is InChI=1S/C14H10O3.C4H8O/c15-12-7-10-5-8-3-1-2-4-9(8)6-11(10)13(16)14(12)17;1-2-4-5-3-1/h1-7,15-17H;1-4H2. The van der Waals surface area contributed by atoms with Crippen LogP contribution in [-0.4, -0.2) is 28.5 Å². The zero-order valence-electron chi connectivity index (χ0n) is 12.1. The highest BCUT2D eigenvalue weighted by molar-refractivity contribution is 6.02. The van der Waals surface area contributed by atoms with Gasteiger partial charge in [0.25, 0.3) is 0 Å². The van der Waals surface area contributed by atoms with Crippen LogP contribution < -0.4 is 0 Å². The highest BCUT2D eigenvalue weighted by Gasteiger charge is 2.11. The highest BCUT2D eigenvalue weighted by atomic mass is 16.5. The Bertz CT molecular complexity index is 799. The van der Waals surface area contributed by atoms with Gasteiger partial charge in [-0.25, -0.2) is 0 Å². The van der Waals surface area contributed by atoms with Crippen LogP contribution in [0.15, 0.2) is 42.5 Å². The molecular formula is C18H18O4. The normalized spacial score (nSPS) is 14.0. The molecule has 22 heavy (non-hydrogen) atoms. The summed E-state index contributed by atoms with van der Waals surface area (Å²) in [6, 6.07) is 12.8. The van der Waals surface area contributed by atoms with Gasteiger partial charge in [-0.3, -0.25) is 0 Å². The van der Waals surface area contributed by atoms with Crippen molar-refractivity contribution in [2.45, 2.75) is 12.8 Å². The van der Waals surface area contributed by atoms with Gasteiger partial charge < -0.3 is 20.1 Å². The molecule has 3 N–H and O–H groups in total. The van der Waals surface area contributed by atoms with Crippen LogP contribution in [0.1, 0.15) is 12.8 Å². The van der Waals surface area contributed by atoms with Crippen LogP contribution in [0.3, 0.4) is 0 Å². The minimum Gasteiger partial charge on any atom is -0.504 e. The van der Waals surface area contributed by atoms with Crippen LogP contribution in [0.25, 0.3) is 21.5 Å². The van der Waals surface area contributed by atoms with E-state index in [4.69, 9.17) is 4.74 Å². The molecule has 0 aliphatic carbocycles. The summed E-state index contributed by atoms with van der Waals surface area (Å²) in [6.07, 6.45) is 2.56. The number of phenols is 3. The molecule has 0 atom stereocenters. The number of aromatic hydroxyl groups is 3. The third-order valence-corrected chi connectivity index (χ3v) is 3.76. The maximum atomic E-state index is 9.79. The average molecular weight is 298 g/mol. The molecular weight excluding hydrogens is 280 g/mol. The summed E-state index contributed by atoms with van der Waals surface area (Å²) in [7, 11) is 0. The number of phenolic OH excluding ortho intramolecular Hbond substituents is 3. The highest BCUT2D eigenvalue weighted by Crippen LogP contribution is 2.42. The van der Waals surface area contributed by atoms with Crippen LogP contribution in [0, 0.1) is 0 Å². The Balaban J connectivity index is 0.000000246. The lowest BCUT2D eigenvalue weighted by Crippen LogP contribution is -1.79. The first-order valence-electron chi connectivity index (χ1n) is 7.31. The quantitative estimate of drug-likeness (QED) is 0.435. The zero-order chi connectivity index (χ0) is 15.5. The molecule has 1 aliphatic rings. The van der Waals surface area contributed by atoms with Crippen molar-refractivity contribution in [1.29, 1.82) is 0 Å². The summed E-state index contributed by atoms with van der Waals surface area (Å²) in [6.45, 7) is 2.00. The van der Waals surface area contributed by atoms with E-state index in [-0.39, 0.29) is 11.5 Å². The van der Waals surface area contributed by atoms with Gasteiger partial charge in [0.2, 0.25) is 5.75 Å². The van der Waals surface area contributed by atoms with Gasteiger partial charge in [0, 0.05) is 18.6 Å². The second kappa shape index (κ2) is 6.12. The van der Waals surface area contributed by atoms with E-state index in [9.17, 15) is 15.3 Å². The monoisotopic (exact) mass is 298 g/mol. The van der Waals surface area contributed by atoms with E-state index in [1.807, 2.05) is 30.3 Å². The lowest BCUT2D eigenvalue weighted by Gasteiger charge is -2.07. The Morgan fingerprint density at radius 2 is 1.36 bits per heavy atom. The van der Waals surface area contributed by atoms with E-state index in [0.29, 0.717) is 10.8 Å². The van der Waals surface area contributed by atoms with Gasteiger partial charge in [0.1, 0.15) is 0 Å². The molecule has 1 heterocycles. The maximum absolute atomic E-state index is 9.79. The minimum atomic E-state index is -0.479. The SMILES string of the molecule is C1CCOC1.Oc1cc2cc3ccccc3cc2c(O)c1O. The average Bonchev–Trinajstić information content (AvgIpc) is 3.11. The lowest BCUT2D eigenvalue weighted by molar-refractivity contribution is 0.198. The van der Waals surface area contributed by atoms with Crippen molar-refractivity contribution >= 4 is 21.5 Å². The second-order valence-electron chi connectivity index (χ2n) is 5.33. The van der Waals surface area contributed by atoms with Gasteiger partial charge in [-0.15, -0.1) is 0 Å². The van der Waals surface area contributed by atoms with E-state index in [1.165, 1.54) is 18.9 Å². The molecule has 1 saturated heterocycles. The molecule has 4 rings (SSSR count). The Kier molecular flexibility index (Phi) is 4.02. The third kappa shape index (κ3) is 2.78. The van der Waals surface area contributed by atoms with Crippen molar-refractivity contribution in [1.82, 2.24) is 0 Å².